The summed E-state index contributed by atoms with van der Waals surface area (Å²) in [4.78, 5) is 25.1. The molecule has 0 atom stereocenters. The van der Waals surface area contributed by atoms with Crippen LogP contribution in [0.1, 0.15) is 34.6 Å². The first-order valence-corrected chi connectivity index (χ1v) is 9.38. The summed E-state index contributed by atoms with van der Waals surface area (Å²) >= 11 is 5.92. The molecule has 0 unspecified atom stereocenters. The molecule has 8 heteroatoms. The van der Waals surface area contributed by atoms with Crippen LogP contribution in [0, 0.1) is 0 Å². The quantitative estimate of drug-likeness (QED) is 0.557. The third-order valence-electron chi connectivity index (χ3n) is 3.94. The molecule has 0 aliphatic carbocycles. The molecule has 0 saturated carbocycles. The first-order valence-electron chi connectivity index (χ1n) is 9.00. The van der Waals surface area contributed by atoms with Gasteiger partial charge in [0.2, 0.25) is 5.88 Å². The predicted molar refractivity (Wildman–Crippen MR) is 108 cm³/mol. The number of esters is 1. The highest BCUT2D eigenvalue weighted by molar-refractivity contribution is 6.30. The van der Waals surface area contributed by atoms with Crippen molar-refractivity contribution < 1.29 is 23.6 Å². The molecule has 1 amide bonds. The molecule has 0 aliphatic heterocycles. The Morgan fingerprint density at radius 2 is 1.72 bits per heavy atom. The van der Waals surface area contributed by atoms with Crippen molar-refractivity contribution in [1.82, 2.24) is 5.16 Å². The number of benzene rings is 2. The molecule has 3 aromatic rings. The molecule has 3 rings (SSSR count). The maximum absolute atomic E-state index is 12.6. The van der Waals surface area contributed by atoms with Gasteiger partial charge in [-0.2, -0.15) is 0 Å². The summed E-state index contributed by atoms with van der Waals surface area (Å²) in [6, 6.07) is 13.3. The van der Waals surface area contributed by atoms with Crippen molar-refractivity contribution in [2.24, 2.45) is 0 Å². The summed E-state index contributed by atoms with van der Waals surface area (Å²) in [6.07, 6.45) is 0. The topological polar surface area (TPSA) is 90.7 Å². The van der Waals surface area contributed by atoms with E-state index in [1.165, 1.54) is 0 Å². The van der Waals surface area contributed by atoms with E-state index in [9.17, 15) is 9.59 Å². The van der Waals surface area contributed by atoms with Crippen molar-refractivity contribution in [3.05, 3.63) is 64.7 Å². The number of carbonyl (C=O) groups is 2. The minimum Gasteiger partial charge on any atom is -0.494 e. The van der Waals surface area contributed by atoms with Crippen LogP contribution in [-0.4, -0.2) is 30.2 Å². The minimum absolute atomic E-state index is 0.0356. The third-order valence-corrected chi connectivity index (χ3v) is 4.20. The Balaban J connectivity index is 1.91. The Bertz CT molecular complexity index is 997. The van der Waals surface area contributed by atoms with Gasteiger partial charge in [-0.25, -0.2) is 4.79 Å². The summed E-state index contributed by atoms with van der Waals surface area (Å²) in [5.74, 6) is -0.550. The average Bonchev–Trinajstić information content (AvgIpc) is 3.13. The molecule has 0 aliphatic rings. The van der Waals surface area contributed by atoms with E-state index in [4.69, 9.17) is 25.6 Å². The maximum atomic E-state index is 12.6. The lowest BCUT2D eigenvalue weighted by molar-refractivity contribution is 0.0528. The van der Waals surface area contributed by atoms with Gasteiger partial charge < -0.3 is 14.0 Å². The first kappa shape index (κ1) is 20.4. The standard InChI is InChI=1S/C21H19ClN2O5/c1-3-27-16-11-7-14(8-12-16)19(25)23-20-17(21(26)28-4-2)18(24-29-20)13-5-9-15(22)10-6-13/h5-12H,3-4H2,1-2H3,(H,23,25). The number of rotatable bonds is 7. The zero-order valence-corrected chi connectivity index (χ0v) is 16.7. The number of amides is 1. The van der Waals surface area contributed by atoms with Crippen LogP contribution in [0.25, 0.3) is 11.3 Å². The number of ether oxygens (including phenoxy) is 2. The Hall–Kier alpha value is -3.32. The Morgan fingerprint density at radius 1 is 1.03 bits per heavy atom. The van der Waals surface area contributed by atoms with Crippen LogP contribution in [0.2, 0.25) is 5.02 Å². The molecule has 0 spiro atoms. The van der Waals surface area contributed by atoms with E-state index in [1.54, 1.807) is 55.5 Å². The Labute approximate surface area is 172 Å². The van der Waals surface area contributed by atoms with E-state index in [-0.39, 0.29) is 23.7 Å². The van der Waals surface area contributed by atoms with Crippen molar-refractivity contribution in [3.63, 3.8) is 0 Å². The van der Waals surface area contributed by atoms with Crippen LogP contribution >= 0.6 is 11.6 Å². The fourth-order valence-corrected chi connectivity index (χ4v) is 2.74. The number of halogens is 1. The lowest BCUT2D eigenvalue weighted by atomic mass is 10.1. The lowest BCUT2D eigenvalue weighted by Gasteiger charge is -2.07. The van der Waals surface area contributed by atoms with E-state index in [0.717, 1.165) is 0 Å². The van der Waals surface area contributed by atoms with Gasteiger partial charge in [-0.3, -0.25) is 10.1 Å². The van der Waals surface area contributed by atoms with Crippen LogP contribution < -0.4 is 10.1 Å². The van der Waals surface area contributed by atoms with Crippen LogP contribution in [0.15, 0.2) is 53.1 Å². The van der Waals surface area contributed by atoms with E-state index in [2.05, 4.69) is 10.5 Å². The Kier molecular flexibility index (Phi) is 6.51. The molecule has 1 aromatic heterocycles. The SMILES string of the molecule is CCOC(=O)c1c(-c2ccc(Cl)cc2)noc1NC(=O)c1ccc(OCC)cc1. The second-order valence-electron chi connectivity index (χ2n) is 5.87. The second-order valence-corrected chi connectivity index (χ2v) is 6.31. The van der Waals surface area contributed by atoms with Gasteiger partial charge in [-0.05, 0) is 50.2 Å². The van der Waals surface area contributed by atoms with Crippen molar-refractivity contribution in [3.8, 4) is 17.0 Å². The van der Waals surface area contributed by atoms with Gasteiger partial charge in [0.15, 0.2) is 5.56 Å². The third kappa shape index (κ3) is 4.75. The van der Waals surface area contributed by atoms with E-state index >= 15 is 0 Å². The number of hydrogen-bond donors (Lipinski definition) is 1. The lowest BCUT2D eigenvalue weighted by Crippen LogP contribution is -2.15. The fourth-order valence-electron chi connectivity index (χ4n) is 2.62. The smallest absolute Gasteiger partial charge is 0.346 e. The number of hydrogen-bond acceptors (Lipinski definition) is 6. The van der Waals surface area contributed by atoms with Gasteiger partial charge in [0.25, 0.3) is 5.91 Å². The number of anilines is 1. The molecular formula is C21H19ClN2O5. The Morgan fingerprint density at radius 3 is 2.34 bits per heavy atom. The summed E-state index contributed by atoms with van der Waals surface area (Å²) in [5, 5.41) is 7.07. The van der Waals surface area contributed by atoms with Gasteiger partial charge in [0.1, 0.15) is 11.4 Å². The molecule has 150 valence electrons. The van der Waals surface area contributed by atoms with Crippen LogP contribution in [0.3, 0.4) is 0 Å². The van der Waals surface area contributed by atoms with Gasteiger partial charge in [-0.15, -0.1) is 0 Å². The van der Waals surface area contributed by atoms with Crippen LogP contribution in [-0.2, 0) is 4.74 Å². The van der Waals surface area contributed by atoms with E-state index in [0.29, 0.717) is 28.5 Å². The highest BCUT2D eigenvalue weighted by atomic mass is 35.5. The molecule has 0 fully saturated rings. The van der Waals surface area contributed by atoms with Crippen LogP contribution in [0.5, 0.6) is 5.75 Å². The molecule has 7 nitrogen and oxygen atoms in total. The van der Waals surface area contributed by atoms with E-state index < -0.39 is 11.9 Å². The molecule has 0 radical (unpaired) electrons. The van der Waals surface area contributed by atoms with Gasteiger partial charge in [0.05, 0.1) is 13.2 Å². The van der Waals surface area contributed by atoms with Crippen molar-refractivity contribution in [2.45, 2.75) is 13.8 Å². The van der Waals surface area contributed by atoms with Crippen molar-refractivity contribution >= 4 is 29.4 Å². The number of carbonyl (C=O) groups excluding carboxylic acids is 2. The van der Waals surface area contributed by atoms with Gasteiger partial charge >= 0.3 is 5.97 Å². The van der Waals surface area contributed by atoms with Gasteiger partial charge in [-0.1, -0.05) is 28.9 Å². The fraction of sp³-hybridized carbons (Fsp3) is 0.190. The zero-order valence-electron chi connectivity index (χ0n) is 15.9. The largest absolute Gasteiger partial charge is 0.494 e. The molecule has 1 heterocycles. The number of nitrogens with one attached hydrogen (secondary N) is 1. The minimum atomic E-state index is -0.652. The van der Waals surface area contributed by atoms with Gasteiger partial charge in [0, 0.05) is 16.1 Å². The summed E-state index contributed by atoms with van der Waals surface area (Å²) < 4.78 is 15.7. The number of nitrogens with zero attached hydrogens (tertiary/aromatic N) is 1. The predicted octanol–water partition coefficient (Wildman–Crippen LogP) is 4.82. The highest BCUT2D eigenvalue weighted by Crippen LogP contribution is 2.31. The summed E-state index contributed by atoms with van der Waals surface area (Å²) in [6.45, 7) is 4.25. The normalized spacial score (nSPS) is 10.4. The molecule has 29 heavy (non-hydrogen) atoms. The highest BCUT2D eigenvalue weighted by Gasteiger charge is 2.27. The number of aromatic nitrogens is 1. The van der Waals surface area contributed by atoms with E-state index in [1.807, 2.05) is 6.92 Å². The first-order chi connectivity index (χ1) is 14.0. The van der Waals surface area contributed by atoms with Crippen LogP contribution in [0.4, 0.5) is 5.88 Å². The summed E-state index contributed by atoms with van der Waals surface area (Å²) in [7, 11) is 0. The molecule has 0 saturated heterocycles. The zero-order chi connectivity index (χ0) is 20.8. The summed E-state index contributed by atoms with van der Waals surface area (Å²) in [5.41, 5.74) is 1.26. The monoisotopic (exact) mass is 414 g/mol. The second kappa shape index (κ2) is 9.25. The molecule has 2 aromatic carbocycles. The molecule has 0 bridgehead atoms. The maximum Gasteiger partial charge on any atom is 0.346 e. The molecule has 1 N–H and O–H groups in total. The molecular weight excluding hydrogens is 396 g/mol. The van der Waals surface area contributed by atoms with Crippen molar-refractivity contribution in [1.29, 1.82) is 0 Å². The van der Waals surface area contributed by atoms with Crippen molar-refractivity contribution in [2.75, 3.05) is 18.5 Å². The average molecular weight is 415 g/mol.